The Morgan fingerprint density at radius 3 is 2.82 bits per heavy atom. The summed E-state index contributed by atoms with van der Waals surface area (Å²) in [4.78, 5) is 17.2. The van der Waals surface area contributed by atoms with Gasteiger partial charge in [-0.25, -0.2) is 4.79 Å². The Labute approximate surface area is 106 Å². The maximum absolute atomic E-state index is 12.2. The Bertz CT molecular complexity index is 385. The van der Waals surface area contributed by atoms with Crippen molar-refractivity contribution in [2.45, 2.75) is 13.5 Å². The number of carbonyl (C=O) groups is 1. The number of hydrogen-bond donors (Lipinski definition) is 1. The molecule has 0 spiro atoms. The highest BCUT2D eigenvalue weighted by Gasteiger charge is 2.20. The molecule has 1 fully saturated rings. The number of carbonyl (C=O) groups excluding carboxylic acids is 1. The number of aryl methyl sites for hydroxylation is 1. The minimum Gasteiger partial charge on any atom is -0.323 e. The molecule has 0 atom stereocenters. The number of amides is 2. The number of nitrogens with zero attached hydrogens (tertiary/aromatic N) is 2. The largest absolute Gasteiger partial charge is 0.323 e. The lowest BCUT2D eigenvalue weighted by Gasteiger charge is -2.31. The molecule has 1 aromatic rings. The lowest BCUT2D eigenvalue weighted by atomic mass is 10.3. The van der Waals surface area contributed by atoms with Crippen LogP contribution < -0.4 is 5.32 Å². The summed E-state index contributed by atoms with van der Waals surface area (Å²) < 4.78 is 0. The highest BCUT2D eigenvalue weighted by atomic mass is 32.1. The van der Waals surface area contributed by atoms with Gasteiger partial charge in [0, 0.05) is 38.1 Å². The number of urea groups is 1. The summed E-state index contributed by atoms with van der Waals surface area (Å²) in [6, 6.07) is 2.24. The van der Waals surface area contributed by atoms with Crippen LogP contribution in [-0.2, 0) is 6.54 Å². The average molecular weight is 253 g/mol. The molecule has 1 aromatic heterocycles. The molecule has 0 unspecified atom stereocenters. The Balaban J connectivity index is 1.93. The highest BCUT2D eigenvalue weighted by Crippen LogP contribution is 2.17. The molecule has 0 saturated carbocycles. The highest BCUT2D eigenvalue weighted by molar-refractivity contribution is 7.10. The molecule has 0 aromatic carbocycles. The minimum atomic E-state index is 0.138. The van der Waals surface area contributed by atoms with Gasteiger partial charge in [-0.3, -0.25) is 0 Å². The van der Waals surface area contributed by atoms with Crippen molar-refractivity contribution in [3.63, 3.8) is 0 Å². The zero-order chi connectivity index (χ0) is 12.3. The van der Waals surface area contributed by atoms with E-state index >= 15 is 0 Å². The lowest BCUT2D eigenvalue weighted by molar-refractivity contribution is 0.154. The molecule has 5 heteroatoms. The van der Waals surface area contributed by atoms with Crippen LogP contribution in [0.1, 0.15) is 10.4 Å². The third-order valence-electron chi connectivity index (χ3n) is 3.06. The van der Waals surface area contributed by atoms with Crippen LogP contribution in [0.5, 0.6) is 0 Å². The number of thiophene rings is 1. The Morgan fingerprint density at radius 2 is 2.24 bits per heavy atom. The number of nitrogens with one attached hydrogen (secondary N) is 1. The fraction of sp³-hybridized carbons (Fsp3) is 0.583. The van der Waals surface area contributed by atoms with E-state index in [-0.39, 0.29) is 6.03 Å². The molecule has 1 N–H and O–H groups in total. The molecule has 1 aliphatic rings. The molecule has 2 heterocycles. The maximum Gasteiger partial charge on any atom is 0.320 e. The summed E-state index contributed by atoms with van der Waals surface area (Å²) in [6.45, 7) is 6.23. The van der Waals surface area contributed by atoms with Crippen LogP contribution >= 0.6 is 11.3 Å². The molecule has 17 heavy (non-hydrogen) atoms. The summed E-state index contributed by atoms with van der Waals surface area (Å²) in [5, 5.41) is 5.33. The first-order valence-corrected chi connectivity index (χ1v) is 6.80. The van der Waals surface area contributed by atoms with Crippen molar-refractivity contribution in [2.75, 3.05) is 33.2 Å². The second-order valence-corrected chi connectivity index (χ2v) is 5.40. The van der Waals surface area contributed by atoms with Crippen molar-refractivity contribution >= 4 is 17.4 Å². The quantitative estimate of drug-likeness (QED) is 0.867. The SMILES string of the molecule is Cc1ccsc1CN(C)C(=O)N1CCNCC1. The van der Waals surface area contributed by atoms with Crippen molar-refractivity contribution in [1.29, 1.82) is 0 Å². The fourth-order valence-corrected chi connectivity index (χ4v) is 2.91. The number of hydrogen-bond acceptors (Lipinski definition) is 3. The van der Waals surface area contributed by atoms with Crippen LogP contribution in [0.3, 0.4) is 0 Å². The van der Waals surface area contributed by atoms with E-state index in [2.05, 4.69) is 23.7 Å². The van der Waals surface area contributed by atoms with Crippen molar-refractivity contribution in [3.8, 4) is 0 Å². The molecule has 94 valence electrons. The van der Waals surface area contributed by atoms with E-state index in [0.717, 1.165) is 26.2 Å². The molecule has 4 nitrogen and oxygen atoms in total. The second kappa shape index (κ2) is 5.51. The second-order valence-electron chi connectivity index (χ2n) is 4.40. The van der Waals surface area contributed by atoms with E-state index < -0.39 is 0 Å². The first-order valence-electron chi connectivity index (χ1n) is 5.92. The smallest absolute Gasteiger partial charge is 0.320 e. The molecule has 0 radical (unpaired) electrons. The van der Waals surface area contributed by atoms with E-state index in [0.29, 0.717) is 6.54 Å². The molecule has 1 aliphatic heterocycles. The summed E-state index contributed by atoms with van der Waals surface area (Å²) in [5.41, 5.74) is 1.27. The van der Waals surface area contributed by atoms with Gasteiger partial charge in [-0.1, -0.05) is 0 Å². The van der Waals surface area contributed by atoms with Gasteiger partial charge in [-0.15, -0.1) is 11.3 Å². The van der Waals surface area contributed by atoms with Crippen LogP contribution in [0.25, 0.3) is 0 Å². The number of piperazine rings is 1. The predicted octanol–water partition coefficient (Wildman–Crippen LogP) is 1.51. The van der Waals surface area contributed by atoms with Gasteiger partial charge < -0.3 is 15.1 Å². The van der Waals surface area contributed by atoms with E-state index in [1.807, 2.05) is 16.8 Å². The van der Waals surface area contributed by atoms with Crippen LogP contribution in [-0.4, -0.2) is 49.1 Å². The summed E-state index contributed by atoms with van der Waals surface area (Å²) in [5.74, 6) is 0. The molecule has 0 bridgehead atoms. The lowest BCUT2D eigenvalue weighted by Crippen LogP contribution is -2.50. The standard InChI is InChI=1S/C12H19N3OS/c1-10-3-8-17-11(10)9-14(2)12(16)15-6-4-13-5-7-15/h3,8,13H,4-7,9H2,1-2H3. The van der Waals surface area contributed by atoms with Crippen molar-refractivity contribution in [3.05, 3.63) is 21.9 Å². The normalized spacial score (nSPS) is 16.0. The summed E-state index contributed by atoms with van der Waals surface area (Å²) in [6.07, 6.45) is 0. The molecular formula is C12H19N3OS. The average Bonchev–Trinajstić information content (AvgIpc) is 2.75. The van der Waals surface area contributed by atoms with Crippen molar-refractivity contribution < 1.29 is 4.79 Å². The summed E-state index contributed by atoms with van der Waals surface area (Å²) in [7, 11) is 1.88. The monoisotopic (exact) mass is 253 g/mol. The maximum atomic E-state index is 12.2. The molecular weight excluding hydrogens is 234 g/mol. The first-order chi connectivity index (χ1) is 8.18. The van der Waals surface area contributed by atoms with Gasteiger partial charge in [0.15, 0.2) is 0 Å². The van der Waals surface area contributed by atoms with Crippen LogP contribution in [0.2, 0.25) is 0 Å². The fourth-order valence-electron chi connectivity index (χ4n) is 1.95. The van der Waals surface area contributed by atoms with E-state index in [1.54, 1.807) is 11.3 Å². The van der Waals surface area contributed by atoms with Gasteiger partial charge in [-0.05, 0) is 23.9 Å². The predicted molar refractivity (Wildman–Crippen MR) is 70.4 cm³/mol. The minimum absolute atomic E-state index is 0.138. The van der Waals surface area contributed by atoms with E-state index in [9.17, 15) is 4.79 Å². The topological polar surface area (TPSA) is 35.6 Å². The molecule has 1 saturated heterocycles. The van der Waals surface area contributed by atoms with E-state index in [1.165, 1.54) is 10.4 Å². The van der Waals surface area contributed by atoms with Crippen molar-refractivity contribution in [2.24, 2.45) is 0 Å². The summed E-state index contributed by atoms with van der Waals surface area (Å²) >= 11 is 1.72. The zero-order valence-corrected chi connectivity index (χ0v) is 11.2. The van der Waals surface area contributed by atoms with Gasteiger partial charge in [0.2, 0.25) is 0 Å². The first kappa shape index (κ1) is 12.4. The molecule has 0 aliphatic carbocycles. The number of rotatable bonds is 2. The van der Waals surface area contributed by atoms with Gasteiger partial charge in [0.25, 0.3) is 0 Å². The van der Waals surface area contributed by atoms with Crippen molar-refractivity contribution in [1.82, 2.24) is 15.1 Å². The Kier molecular flexibility index (Phi) is 4.02. The van der Waals surface area contributed by atoms with E-state index in [4.69, 9.17) is 0 Å². The van der Waals surface area contributed by atoms with Gasteiger partial charge >= 0.3 is 6.03 Å². The van der Waals surface area contributed by atoms with Crippen LogP contribution in [0.4, 0.5) is 4.79 Å². The van der Waals surface area contributed by atoms with Gasteiger partial charge in [0.1, 0.15) is 0 Å². The van der Waals surface area contributed by atoms with Crippen LogP contribution in [0.15, 0.2) is 11.4 Å². The molecule has 2 rings (SSSR count). The Morgan fingerprint density at radius 1 is 1.53 bits per heavy atom. The van der Waals surface area contributed by atoms with Crippen LogP contribution in [0, 0.1) is 6.92 Å². The molecule has 2 amide bonds. The van der Waals surface area contributed by atoms with Gasteiger partial charge in [0.05, 0.1) is 6.54 Å². The zero-order valence-electron chi connectivity index (χ0n) is 10.4. The van der Waals surface area contributed by atoms with Gasteiger partial charge in [-0.2, -0.15) is 0 Å². The Hall–Kier alpha value is -1.07. The third kappa shape index (κ3) is 2.98. The third-order valence-corrected chi connectivity index (χ3v) is 4.07.